The van der Waals surface area contributed by atoms with Gasteiger partial charge in [0.15, 0.2) is 0 Å². The molecule has 4 saturated carbocycles. The van der Waals surface area contributed by atoms with E-state index in [0.717, 1.165) is 23.7 Å². The van der Waals surface area contributed by atoms with E-state index in [4.69, 9.17) is 0 Å². The summed E-state index contributed by atoms with van der Waals surface area (Å²) in [6, 6.07) is 58.4. The van der Waals surface area contributed by atoms with E-state index in [-0.39, 0.29) is 16.2 Å². The Balaban J connectivity index is 0.953. The number of fused-ring (bicyclic) bond motifs is 4. The van der Waals surface area contributed by atoms with Crippen LogP contribution in [0.4, 0.5) is 17.1 Å². The first kappa shape index (κ1) is 36.8. The topological polar surface area (TPSA) is 3.24 Å². The van der Waals surface area contributed by atoms with Crippen molar-refractivity contribution in [2.45, 2.75) is 98.7 Å². The van der Waals surface area contributed by atoms with Crippen LogP contribution in [0.1, 0.15) is 94.9 Å². The molecule has 0 aromatic heterocycles. The Hall–Kier alpha value is -5.05. The van der Waals surface area contributed by atoms with Crippen molar-refractivity contribution in [3.05, 3.63) is 174 Å². The average molecular weight is 798 g/mol. The Morgan fingerprint density at radius 2 is 1.03 bits per heavy atom. The van der Waals surface area contributed by atoms with Gasteiger partial charge in [-0.05, 0) is 189 Å². The molecule has 0 unspecified atom stereocenters. The first-order valence-corrected chi connectivity index (χ1v) is 23.5. The molecule has 2 heteroatoms. The van der Waals surface area contributed by atoms with Gasteiger partial charge in [-0.3, -0.25) is 0 Å². The first-order chi connectivity index (χ1) is 29.2. The molecule has 4 bridgehead atoms. The lowest BCUT2D eigenvalue weighted by atomic mass is 9.42. The fourth-order valence-electron chi connectivity index (χ4n) is 13.3. The van der Waals surface area contributed by atoms with Gasteiger partial charge in [-0.25, -0.2) is 0 Å². The molecule has 5 aliphatic carbocycles. The van der Waals surface area contributed by atoms with Gasteiger partial charge >= 0.3 is 0 Å². The van der Waals surface area contributed by atoms with Gasteiger partial charge in [-0.2, -0.15) is 0 Å². The van der Waals surface area contributed by atoms with Crippen LogP contribution in [0.2, 0.25) is 0 Å². The largest absolute Gasteiger partial charge is 0.310 e. The Morgan fingerprint density at radius 1 is 0.450 bits per heavy atom. The van der Waals surface area contributed by atoms with Crippen LogP contribution in [0, 0.1) is 23.7 Å². The third-order valence-corrected chi connectivity index (χ3v) is 17.3. The van der Waals surface area contributed by atoms with Crippen molar-refractivity contribution < 1.29 is 0 Å². The quantitative estimate of drug-likeness (QED) is 0.171. The van der Waals surface area contributed by atoms with E-state index in [2.05, 4.69) is 184 Å². The average Bonchev–Trinajstić information content (AvgIpc) is 3.27. The van der Waals surface area contributed by atoms with Crippen LogP contribution in [0.25, 0.3) is 33.0 Å². The summed E-state index contributed by atoms with van der Waals surface area (Å²) in [5.41, 5.74) is 15.4. The van der Waals surface area contributed by atoms with Crippen molar-refractivity contribution in [3.8, 4) is 22.3 Å². The van der Waals surface area contributed by atoms with Crippen LogP contribution >= 0.6 is 11.8 Å². The normalized spacial score (nSPS) is 25.1. The zero-order chi connectivity index (χ0) is 40.4. The highest BCUT2D eigenvalue weighted by molar-refractivity contribution is 7.99. The van der Waals surface area contributed by atoms with Crippen LogP contribution < -0.4 is 4.90 Å². The molecule has 0 amide bonds. The number of benzene rings is 7. The molecular weight excluding hydrogens is 743 g/mol. The number of hydrogen-bond acceptors (Lipinski definition) is 2. The molecule has 0 N–H and O–H groups in total. The molecule has 1 spiro atoms. The van der Waals surface area contributed by atoms with Crippen molar-refractivity contribution >= 4 is 39.6 Å². The van der Waals surface area contributed by atoms with Gasteiger partial charge in [0.25, 0.3) is 0 Å². The maximum Gasteiger partial charge on any atom is 0.0464 e. The molecule has 13 rings (SSSR count). The van der Waals surface area contributed by atoms with Gasteiger partial charge in [0.2, 0.25) is 0 Å². The summed E-state index contributed by atoms with van der Waals surface area (Å²) in [6.07, 6.45) is 9.50. The summed E-state index contributed by atoms with van der Waals surface area (Å²) < 4.78 is 0. The molecular formula is C58H55NS. The first-order valence-electron chi connectivity index (χ1n) is 22.7. The fourth-order valence-corrected chi connectivity index (χ4v) is 14.5. The summed E-state index contributed by atoms with van der Waals surface area (Å²) in [6.45, 7) is 9.72. The van der Waals surface area contributed by atoms with Gasteiger partial charge in [0.1, 0.15) is 0 Å². The zero-order valence-corrected chi connectivity index (χ0v) is 36.4. The molecule has 6 aliphatic rings. The van der Waals surface area contributed by atoms with Crippen molar-refractivity contribution in [3.63, 3.8) is 0 Å². The molecule has 7 aromatic carbocycles. The van der Waals surface area contributed by atoms with Gasteiger partial charge in [0, 0.05) is 32.3 Å². The third-order valence-electron chi connectivity index (χ3n) is 16.2. The molecule has 1 nitrogen and oxygen atoms in total. The lowest BCUT2D eigenvalue weighted by Gasteiger charge is -2.63. The minimum Gasteiger partial charge on any atom is -0.310 e. The van der Waals surface area contributed by atoms with Crippen LogP contribution in [-0.4, -0.2) is 0 Å². The Labute approximate surface area is 361 Å². The minimum atomic E-state index is 0.120. The van der Waals surface area contributed by atoms with E-state index in [0.29, 0.717) is 0 Å². The van der Waals surface area contributed by atoms with E-state index in [1.807, 2.05) is 11.8 Å². The third kappa shape index (κ3) is 5.59. The maximum absolute atomic E-state index is 2.63. The van der Waals surface area contributed by atoms with Gasteiger partial charge in [-0.15, -0.1) is 0 Å². The molecule has 1 heterocycles. The second kappa shape index (κ2) is 13.5. The van der Waals surface area contributed by atoms with Crippen molar-refractivity contribution in [1.82, 2.24) is 0 Å². The van der Waals surface area contributed by atoms with E-state index in [1.165, 1.54) is 116 Å². The van der Waals surface area contributed by atoms with Crippen LogP contribution in [0.5, 0.6) is 0 Å². The molecule has 7 aromatic rings. The summed E-state index contributed by atoms with van der Waals surface area (Å²) in [5, 5.41) is 2.56. The van der Waals surface area contributed by atoms with Crippen molar-refractivity contribution in [2.75, 3.05) is 4.90 Å². The Bertz CT molecular complexity index is 2770. The van der Waals surface area contributed by atoms with Gasteiger partial charge in [-0.1, -0.05) is 137 Å². The molecule has 60 heavy (non-hydrogen) atoms. The number of hydrogen-bond donors (Lipinski definition) is 0. The van der Waals surface area contributed by atoms with Crippen LogP contribution in [0.15, 0.2) is 161 Å². The van der Waals surface area contributed by atoms with E-state index in [1.54, 1.807) is 11.1 Å². The fraction of sp³-hybridized carbons (Fsp3) is 0.310. The molecule has 298 valence electrons. The molecule has 4 fully saturated rings. The molecule has 0 radical (unpaired) electrons. The molecule has 0 atom stereocenters. The second-order valence-corrected chi connectivity index (χ2v) is 21.5. The maximum atomic E-state index is 2.63. The molecule has 0 saturated heterocycles. The second-order valence-electron chi connectivity index (χ2n) is 20.4. The smallest absolute Gasteiger partial charge is 0.0464 e. The highest BCUT2D eigenvalue weighted by Crippen LogP contribution is 2.69. The van der Waals surface area contributed by atoms with E-state index in [9.17, 15) is 0 Å². The van der Waals surface area contributed by atoms with E-state index >= 15 is 0 Å². The Kier molecular flexibility index (Phi) is 8.26. The number of anilines is 3. The van der Waals surface area contributed by atoms with E-state index < -0.39 is 0 Å². The zero-order valence-electron chi connectivity index (χ0n) is 35.5. The van der Waals surface area contributed by atoms with Crippen molar-refractivity contribution in [1.29, 1.82) is 0 Å². The van der Waals surface area contributed by atoms with Gasteiger partial charge in [0.05, 0.1) is 0 Å². The summed E-state index contributed by atoms with van der Waals surface area (Å²) in [7, 11) is 0. The molecule has 1 aliphatic heterocycles. The number of rotatable bonds is 5. The minimum absolute atomic E-state index is 0.120. The standard InChI is InChI=1S/C58H55NS/c1-56(2)28-29-57(3,4)52-36-47(25-26-50(52)56)59(46-23-18-41(19-24-46)49-13-9-11-40-10-5-6-12-48(40)49)45-21-16-39(17-22-45)42-20-27-55-53(35-42)58(51-14-7-8-15-54(51)60-55)43-31-37-30-38(33-43)34-44(58)32-37/h5-27,35-38,43-44H,28-34H2,1-4H3. The van der Waals surface area contributed by atoms with Crippen LogP contribution in [-0.2, 0) is 16.2 Å². The summed E-state index contributed by atoms with van der Waals surface area (Å²) in [5.74, 6) is 3.37. The number of nitrogens with zero attached hydrogens (tertiary/aromatic N) is 1. The van der Waals surface area contributed by atoms with Gasteiger partial charge < -0.3 is 4.90 Å². The summed E-state index contributed by atoms with van der Waals surface area (Å²) in [4.78, 5) is 5.46. The van der Waals surface area contributed by atoms with Crippen molar-refractivity contribution in [2.24, 2.45) is 23.7 Å². The monoisotopic (exact) mass is 797 g/mol. The lowest BCUT2D eigenvalue weighted by Crippen LogP contribution is -2.57. The lowest BCUT2D eigenvalue weighted by molar-refractivity contribution is -0.0443. The highest BCUT2D eigenvalue weighted by atomic mass is 32.2. The van der Waals surface area contributed by atoms with Crippen LogP contribution in [0.3, 0.4) is 0 Å². The Morgan fingerprint density at radius 3 is 1.77 bits per heavy atom. The highest BCUT2D eigenvalue weighted by Gasteiger charge is 2.60. The predicted octanol–water partition coefficient (Wildman–Crippen LogP) is 16.2. The predicted molar refractivity (Wildman–Crippen MR) is 253 cm³/mol. The summed E-state index contributed by atoms with van der Waals surface area (Å²) >= 11 is 2.01. The SMILES string of the molecule is CC1(C)CCC(C)(C)c2cc(N(c3ccc(-c4ccc5c(c4)C4(c6ccccc6S5)C5CC6CC(C5)CC4C6)cc3)c3ccc(-c4cccc5ccccc45)cc3)ccc21.